The van der Waals surface area contributed by atoms with Gasteiger partial charge in [0, 0.05) is 18.4 Å². The van der Waals surface area contributed by atoms with E-state index in [-0.39, 0.29) is 0 Å². The molecule has 2 fully saturated rings. The normalized spacial score (nSPS) is 23.0. The second-order valence-corrected chi connectivity index (χ2v) is 6.85. The van der Waals surface area contributed by atoms with E-state index < -0.39 is 0 Å². The van der Waals surface area contributed by atoms with Gasteiger partial charge in [0.05, 0.1) is 0 Å². The second kappa shape index (κ2) is 6.88. The summed E-state index contributed by atoms with van der Waals surface area (Å²) < 4.78 is 5.51. The largest absolute Gasteiger partial charge is 0.339 e. The number of piperidine rings is 2. The van der Waals surface area contributed by atoms with Crippen LogP contribution in [0, 0.1) is 5.92 Å². The Morgan fingerprint density at radius 3 is 2.57 bits per heavy atom. The molecule has 2 aliphatic rings. The highest BCUT2D eigenvalue weighted by Gasteiger charge is 2.25. The Morgan fingerprint density at radius 2 is 1.90 bits per heavy atom. The molecule has 21 heavy (non-hydrogen) atoms. The van der Waals surface area contributed by atoms with E-state index in [9.17, 15) is 0 Å². The maximum Gasteiger partial charge on any atom is 0.229 e. The third-order valence-electron chi connectivity index (χ3n) is 5.02. The Labute approximate surface area is 127 Å². The van der Waals surface area contributed by atoms with Crippen LogP contribution in [0.15, 0.2) is 4.52 Å². The van der Waals surface area contributed by atoms with Crippen LogP contribution < -0.4 is 5.32 Å². The number of rotatable bonds is 4. The van der Waals surface area contributed by atoms with Gasteiger partial charge in [0.2, 0.25) is 5.89 Å². The van der Waals surface area contributed by atoms with Crippen LogP contribution in [0.2, 0.25) is 0 Å². The lowest BCUT2D eigenvalue weighted by molar-refractivity contribution is 0.148. The molecule has 0 unspecified atom stereocenters. The van der Waals surface area contributed by atoms with Crippen LogP contribution in [0.25, 0.3) is 0 Å². The third kappa shape index (κ3) is 3.83. The summed E-state index contributed by atoms with van der Waals surface area (Å²) in [6.45, 7) is 9.12. The van der Waals surface area contributed by atoms with Crippen LogP contribution in [-0.4, -0.2) is 47.3 Å². The van der Waals surface area contributed by atoms with Gasteiger partial charge < -0.3 is 14.7 Å². The summed E-state index contributed by atoms with van der Waals surface area (Å²) in [6.07, 6.45) is 5.74. The lowest BCUT2D eigenvalue weighted by atomic mass is 9.92. The van der Waals surface area contributed by atoms with E-state index in [0.29, 0.717) is 12.0 Å². The predicted molar refractivity (Wildman–Crippen MR) is 82.3 cm³/mol. The van der Waals surface area contributed by atoms with Gasteiger partial charge >= 0.3 is 0 Å². The molecule has 118 valence electrons. The summed E-state index contributed by atoms with van der Waals surface area (Å²) in [7, 11) is 0. The number of hydrogen-bond acceptors (Lipinski definition) is 5. The molecular weight excluding hydrogens is 264 g/mol. The zero-order chi connectivity index (χ0) is 14.7. The topological polar surface area (TPSA) is 54.2 Å². The standard InChI is InChI=1S/C16H28N4O/c1-12(2)20-9-5-13(6-10-20)11-15-18-16(21-19-15)14-3-7-17-8-4-14/h12-14,17H,3-11H2,1-2H3. The minimum Gasteiger partial charge on any atom is -0.339 e. The molecule has 3 rings (SSSR count). The quantitative estimate of drug-likeness (QED) is 0.922. The molecule has 0 spiro atoms. The van der Waals surface area contributed by atoms with Crippen LogP contribution >= 0.6 is 0 Å². The zero-order valence-electron chi connectivity index (χ0n) is 13.3. The highest BCUT2D eigenvalue weighted by atomic mass is 16.5. The maximum atomic E-state index is 5.51. The van der Waals surface area contributed by atoms with Crippen molar-refractivity contribution in [1.82, 2.24) is 20.4 Å². The molecular formula is C16H28N4O. The first-order valence-corrected chi connectivity index (χ1v) is 8.49. The first-order valence-electron chi connectivity index (χ1n) is 8.49. The average Bonchev–Trinajstić information content (AvgIpc) is 2.97. The van der Waals surface area contributed by atoms with Crippen molar-refractivity contribution >= 4 is 0 Å². The molecule has 2 saturated heterocycles. The van der Waals surface area contributed by atoms with Crippen molar-refractivity contribution in [3.8, 4) is 0 Å². The Morgan fingerprint density at radius 1 is 1.19 bits per heavy atom. The van der Waals surface area contributed by atoms with Crippen molar-refractivity contribution in [2.24, 2.45) is 5.92 Å². The van der Waals surface area contributed by atoms with Crippen molar-refractivity contribution in [3.05, 3.63) is 11.7 Å². The molecule has 1 N–H and O–H groups in total. The smallest absolute Gasteiger partial charge is 0.229 e. The van der Waals surface area contributed by atoms with E-state index in [1.165, 1.54) is 25.9 Å². The van der Waals surface area contributed by atoms with E-state index in [1.54, 1.807) is 0 Å². The summed E-state index contributed by atoms with van der Waals surface area (Å²) in [5.74, 6) is 2.98. The minimum absolute atomic E-state index is 0.468. The Kier molecular flexibility index (Phi) is 4.91. The van der Waals surface area contributed by atoms with Gasteiger partial charge in [-0.1, -0.05) is 5.16 Å². The summed E-state index contributed by atoms with van der Waals surface area (Å²) in [6, 6.07) is 0.669. The molecule has 5 heteroatoms. The fourth-order valence-corrected chi connectivity index (χ4v) is 3.52. The fraction of sp³-hybridized carbons (Fsp3) is 0.875. The number of nitrogens with one attached hydrogen (secondary N) is 1. The van der Waals surface area contributed by atoms with Gasteiger partial charge in [-0.15, -0.1) is 0 Å². The SMILES string of the molecule is CC(C)N1CCC(Cc2noc(C3CCNCC3)n2)CC1. The Bertz CT molecular complexity index is 431. The van der Waals surface area contributed by atoms with Gasteiger partial charge in [-0.2, -0.15) is 4.98 Å². The third-order valence-corrected chi connectivity index (χ3v) is 5.02. The molecule has 1 aromatic heterocycles. The fourth-order valence-electron chi connectivity index (χ4n) is 3.52. The van der Waals surface area contributed by atoms with Crippen LogP contribution in [0.5, 0.6) is 0 Å². The molecule has 0 amide bonds. The summed E-state index contributed by atoms with van der Waals surface area (Å²) in [5, 5.41) is 7.60. The molecule has 0 bridgehead atoms. The molecule has 0 radical (unpaired) electrons. The van der Waals surface area contributed by atoms with Crippen molar-refractivity contribution in [2.75, 3.05) is 26.2 Å². The molecule has 0 aliphatic carbocycles. The van der Waals surface area contributed by atoms with Gasteiger partial charge in [-0.3, -0.25) is 0 Å². The monoisotopic (exact) mass is 292 g/mol. The van der Waals surface area contributed by atoms with E-state index in [0.717, 1.165) is 50.0 Å². The minimum atomic E-state index is 0.468. The van der Waals surface area contributed by atoms with Gasteiger partial charge in [-0.05, 0) is 71.6 Å². The van der Waals surface area contributed by atoms with Crippen molar-refractivity contribution < 1.29 is 4.52 Å². The van der Waals surface area contributed by atoms with Gasteiger partial charge in [-0.25, -0.2) is 0 Å². The van der Waals surface area contributed by atoms with Crippen molar-refractivity contribution in [2.45, 2.75) is 57.9 Å². The van der Waals surface area contributed by atoms with Gasteiger partial charge in [0.15, 0.2) is 5.82 Å². The van der Waals surface area contributed by atoms with E-state index in [4.69, 9.17) is 4.52 Å². The van der Waals surface area contributed by atoms with Crippen LogP contribution in [0.3, 0.4) is 0 Å². The van der Waals surface area contributed by atoms with Crippen LogP contribution in [-0.2, 0) is 6.42 Å². The van der Waals surface area contributed by atoms with Crippen molar-refractivity contribution in [3.63, 3.8) is 0 Å². The van der Waals surface area contributed by atoms with Crippen LogP contribution in [0.4, 0.5) is 0 Å². The number of likely N-dealkylation sites (tertiary alicyclic amines) is 1. The zero-order valence-corrected chi connectivity index (χ0v) is 13.3. The molecule has 0 saturated carbocycles. The van der Waals surface area contributed by atoms with E-state index >= 15 is 0 Å². The average molecular weight is 292 g/mol. The number of nitrogens with zero attached hydrogens (tertiary/aromatic N) is 3. The lowest BCUT2D eigenvalue weighted by Crippen LogP contribution is -2.38. The maximum absolute atomic E-state index is 5.51. The molecule has 5 nitrogen and oxygen atoms in total. The predicted octanol–water partition coefficient (Wildman–Crippen LogP) is 2.20. The Balaban J connectivity index is 1.51. The van der Waals surface area contributed by atoms with Gasteiger partial charge in [0.1, 0.15) is 0 Å². The molecule has 3 heterocycles. The summed E-state index contributed by atoms with van der Waals surface area (Å²) in [5.41, 5.74) is 0. The first kappa shape index (κ1) is 15.0. The molecule has 2 aliphatic heterocycles. The molecule has 1 aromatic rings. The summed E-state index contributed by atoms with van der Waals surface area (Å²) in [4.78, 5) is 7.23. The first-order chi connectivity index (χ1) is 10.2. The van der Waals surface area contributed by atoms with E-state index in [2.05, 4.69) is 34.2 Å². The van der Waals surface area contributed by atoms with E-state index in [1.807, 2.05) is 0 Å². The lowest BCUT2D eigenvalue weighted by Gasteiger charge is -2.34. The Hall–Kier alpha value is -0.940. The highest BCUT2D eigenvalue weighted by Crippen LogP contribution is 2.25. The summed E-state index contributed by atoms with van der Waals surface area (Å²) >= 11 is 0. The number of hydrogen-bond donors (Lipinski definition) is 1. The second-order valence-electron chi connectivity index (χ2n) is 6.85. The molecule has 0 atom stereocenters. The number of aromatic nitrogens is 2. The highest BCUT2D eigenvalue weighted by molar-refractivity contribution is 4.97. The molecule has 0 aromatic carbocycles. The van der Waals surface area contributed by atoms with Crippen LogP contribution in [0.1, 0.15) is 57.2 Å². The van der Waals surface area contributed by atoms with Gasteiger partial charge in [0.25, 0.3) is 0 Å². The van der Waals surface area contributed by atoms with Crippen molar-refractivity contribution in [1.29, 1.82) is 0 Å².